The highest BCUT2D eigenvalue weighted by Gasteiger charge is 2.37. The van der Waals surface area contributed by atoms with E-state index in [-0.39, 0.29) is 5.60 Å². The lowest BCUT2D eigenvalue weighted by Gasteiger charge is -2.40. The van der Waals surface area contributed by atoms with E-state index in [4.69, 9.17) is 17.0 Å². The number of hydrogen-bond acceptors (Lipinski definition) is 2. The maximum absolute atomic E-state index is 5.70. The lowest BCUT2D eigenvalue weighted by atomic mass is 9.80. The van der Waals surface area contributed by atoms with Crippen molar-refractivity contribution in [1.29, 1.82) is 0 Å². The van der Waals surface area contributed by atoms with Crippen molar-refractivity contribution >= 4 is 23.3 Å². The first kappa shape index (κ1) is 11.9. The quantitative estimate of drug-likeness (QED) is 0.857. The number of para-hydroxylation sites is 1. The predicted octanol–water partition coefficient (Wildman–Crippen LogP) is 3.58. The van der Waals surface area contributed by atoms with Gasteiger partial charge in [0.2, 0.25) is 0 Å². The van der Waals surface area contributed by atoms with E-state index in [2.05, 4.69) is 34.7 Å². The fourth-order valence-electron chi connectivity index (χ4n) is 2.77. The van der Waals surface area contributed by atoms with Gasteiger partial charge in [0.15, 0.2) is 4.77 Å². The van der Waals surface area contributed by atoms with E-state index in [0.29, 0.717) is 0 Å². The van der Waals surface area contributed by atoms with Crippen LogP contribution in [0.4, 0.5) is 0 Å². The lowest BCUT2D eigenvalue weighted by molar-refractivity contribution is -0.0830. The molecule has 0 radical (unpaired) electrons. The van der Waals surface area contributed by atoms with Crippen LogP contribution in [0.1, 0.15) is 24.8 Å². The predicted molar refractivity (Wildman–Crippen MR) is 75.5 cm³/mol. The molecule has 0 amide bonds. The lowest BCUT2D eigenvalue weighted by Crippen LogP contribution is -2.43. The number of ether oxygens (including phenoxy) is 1. The molecule has 0 atom stereocenters. The van der Waals surface area contributed by atoms with Crippen LogP contribution in [0.25, 0.3) is 11.0 Å². The van der Waals surface area contributed by atoms with Gasteiger partial charge in [-0.3, -0.25) is 0 Å². The Balaban J connectivity index is 2.09. The van der Waals surface area contributed by atoms with Crippen molar-refractivity contribution in [2.45, 2.75) is 38.3 Å². The van der Waals surface area contributed by atoms with Gasteiger partial charge < -0.3 is 14.3 Å². The van der Waals surface area contributed by atoms with E-state index in [9.17, 15) is 0 Å². The first-order valence-electron chi connectivity index (χ1n) is 6.38. The third-order valence-electron chi connectivity index (χ3n) is 4.16. The Morgan fingerprint density at radius 1 is 1.44 bits per heavy atom. The first-order valence-corrected chi connectivity index (χ1v) is 6.79. The van der Waals surface area contributed by atoms with E-state index >= 15 is 0 Å². The number of H-pyrrole nitrogens is 1. The summed E-state index contributed by atoms with van der Waals surface area (Å²) < 4.78 is 8.68. The molecule has 1 aromatic carbocycles. The summed E-state index contributed by atoms with van der Waals surface area (Å²) in [7, 11) is 1.81. The van der Waals surface area contributed by atoms with Crippen LogP contribution in [0.5, 0.6) is 0 Å². The third-order valence-corrected chi connectivity index (χ3v) is 4.49. The van der Waals surface area contributed by atoms with Gasteiger partial charge in [0, 0.05) is 7.11 Å². The number of fused-ring (bicyclic) bond motifs is 1. The van der Waals surface area contributed by atoms with Crippen molar-refractivity contribution in [2.75, 3.05) is 7.11 Å². The molecule has 96 valence electrons. The van der Waals surface area contributed by atoms with Gasteiger partial charge in [0.1, 0.15) is 0 Å². The smallest absolute Gasteiger partial charge is 0.178 e. The van der Waals surface area contributed by atoms with Crippen LogP contribution in [-0.4, -0.2) is 22.3 Å². The highest BCUT2D eigenvalue weighted by molar-refractivity contribution is 7.71. The Morgan fingerprint density at radius 2 is 2.22 bits per heavy atom. The maximum atomic E-state index is 5.70. The molecule has 1 heterocycles. The molecule has 3 rings (SSSR count). The summed E-state index contributed by atoms with van der Waals surface area (Å²) in [6.45, 7) is 2.96. The number of rotatable bonds is 3. The molecule has 3 nitrogen and oxygen atoms in total. The van der Waals surface area contributed by atoms with Crippen molar-refractivity contribution < 1.29 is 4.74 Å². The molecule has 2 aromatic rings. The molecule has 4 heteroatoms. The van der Waals surface area contributed by atoms with Gasteiger partial charge in [0.25, 0.3) is 0 Å². The third kappa shape index (κ3) is 1.71. The zero-order chi connectivity index (χ0) is 12.8. The second-order valence-corrected chi connectivity index (χ2v) is 5.61. The minimum Gasteiger partial charge on any atom is -0.376 e. The summed E-state index contributed by atoms with van der Waals surface area (Å²) in [6, 6.07) is 6.31. The average molecular weight is 262 g/mol. The Hall–Kier alpha value is -1.13. The van der Waals surface area contributed by atoms with Crippen LogP contribution in [-0.2, 0) is 11.3 Å². The molecule has 1 saturated carbocycles. The normalized spacial score (nSPS) is 17.9. The molecular weight excluding hydrogens is 244 g/mol. The van der Waals surface area contributed by atoms with Gasteiger partial charge >= 0.3 is 0 Å². The molecule has 1 aromatic heterocycles. The highest BCUT2D eigenvalue weighted by Crippen LogP contribution is 2.37. The zero-order valence-corrected chi connectivity index (χ0v) is 11.6. The van der Waals surface area contributed by atoms with Crippen LogP contribution in [0.3, 0.4) is 0 Å². The number of nitrogens with one attached hydrogen (secondary N) is 1. The molecule has 0 unspecified atom stereocenters. The summed E-state index contributed by atoms with van der Waals surface area (Å²) in [5.41, 5.74) is 3.56. The van der Waals surface area contributed by atoms with Crippen LogP contribution >= 0.6 is 12.2 Å². The van der Waals surface area contributed by atoms with Crippen molar-refractivity contribution in [3.05, 3.63) is 28.5 Å². The van der Waals surface area contributed by atoms with Gasteiger partial charge in [-0.25, -0.2) is 0 Å². The standard InChI is InChI=1S/C14H18N2OS/c1-10-5-3-6-11-12(10)15-13(18)16(11)9-14(17-2)7-4-8-14/h3,5-6H,4,7-9H2,1-2H3,(H,15,18). The van der Waals surface area contributed by atoms with Crippen LogP contribution in [0, 0.1) is 11.7 Å². The largest absolute Gasteiger partial charge is 0.376 e. The number of aromatic nitrogens is 2. The maximum Gasteiger partial charge on any atom is 0.178 e. The van der Waals surface area contributed by atoms with E-state index in [1.807, 2.05) is 7.11 Å². The average Bonchev–Trinajstić information content (AvgIpc) is 2.62. The van der Waals surface area contributed by atoms with Gasteiger partial charge in [-0.1, -0.05) is 12.1 Å². The minimum absolute atomic E-state index is 0.00288. The van der Waals surface area contributed by atoms with Gasteiger partial charge in [-0.05, 0) is 50.0 Å². The van der Waals surface area contributed by atoms with Crippen LogP contribution in [0.15, 0.2) is 18.2 Å². The fraction of sp³-hybridized carbons (Fsp3) is 0.500. The molecule has 0 spiro atoms. The number of methoxy groups -OCH3 is 1. The number of nitrogens with zero attached hydrogens (tertiary/aromatic N) is 1. The molecule has 1 aliphatic rings. The molecule has 0 aliphatic heterocycles. The minimum atomic E-state index is -0.00288. The van der Waals surface area contributed by atoms with Gasteiger partial charge in [-0.2, -0.15) is 0 Å². The Morgan fingerprint density at radius 3 is 2.83 bits per heavy atom. The zero-order valence-electron chi connectivity index (χ0n) is 10.8. The van der Waals surface area contributed by atoms with Gasteiger partial charge in [0.05, 0.1) is 23.2 Å². The summed E-state index contributed by atoms with van der Waals surface area (Å²) in [4.78, 5) is 3.31. The summed E-state index contributed by atoms with van der Waals surface area (Å²) in [6.07, 6.45) is 3.51. The Labute approximate surface area is 112 Å². The van der Waals surface area contributed by atoms with Crippen LogP contribution < -0.4 is 0 Å². The van der Waals surface area contributed by atoms with E-state index < -0.39 is 0 Å². The highest BCUT2D eigenvalue weighted by atomic mass is 32.1. The van der Waals surface area contributed by atoms with Gasteiger partial charge in [-0.15, -0.1) is 0 Å². The second kappa shape index (κ2) is 4.21. The molecular formula is C14H18N2OS. The SMILES string of the molecule is COC1(Cn2c(=S)[nH]c3c(C)cccc32)CCC1. The molecule has 0 bridgehead atoms. The van der Waals surface area contributed by atoms with Crippen molar-refractivity contribution in [3.63, 3.8) is 0 Å². The molecule has 1 fully saturated rings. The van der Waals surface area contributed by atoms with E-state index in [1.54, 1.807) is 0 Å². The first-order chi connectivity index (χ1) is 8.65. The fourth-order valence-corrected chi connectivity index (χ4v) is 3.03. The van der Waals surface area contributed by atoms with Crippen LogP contribution in [0.2, 0.25) is 0 Å². The molecule has 1 N–H and O–H groups in total. The Bertz CT molecular complexity index is 631. The topological polar surface area (TPSA) is 29.9 Å². The number of aromatic amines is 1. The van der Waals surface area contributed by atoms with Crippen molar-refractivity contribution in [2.24, 2.45) is 0 Å². The molecule has 1 aliphatic carbocycles. The summed E-state index contributed by atoms with van der Waals surface area (Å²) >= 11 is 5.45. The van der Waals surface area contributed by atoms with E-state index in [1.165, 1.54) is 17.5 Å². The Kier molecular flexibility index (Phi) is 2.79. The number of imidazole rings is 1. The summed E-state index contributed by atoms with van der Waals surface area (Å²) in [5, 5.41) is 0. The monoisotopic (exact) mass is 262 g/mol. The summed E-state index contributed by atoms with van der Waals surface area (Å²) in [5.74, 6) is 0. The van der Waals surface area contributed by atoms with Crippen molar-refractivity contribution in [3.8, 4) is 0 Å². The molecule has 0 saturated heterocycles. The van der Waals surface area contributed by atoms with E-state index in [0.717, 1.165) is 29.7 Å². The molecule has 18 heavy (non-hydrogen) atoms. The van der Waals surface area contributed by atoms with Crippen molar-refractivity contribution in [1.82, 2.24) is 9.55 Å². The second-order valence-electron chi connectivity index (χ2n) is 5.23. The number of hydrogen-bond donors (Lipinski definition) is 1. The number of benzene rings is 1. The number of aryl methyl sites for hydroxylation is 1.